The van der Waals surface area contributed by atoms with E-state index in [0.717, 1.165) is 11.1 Å². The van der Waals surface area contributed by atoms with E-state index < -0.39 is 25.9 Å². The number of halogens is 1. The Bertz CT molecular complexity index is 2170. The van der Waals surface area contributed by atoms with E-state index in [4.69, 9.17) is 21.6 Å². The maximum Gasteiger partial charge on any atom is 0.263 e. The largest absolute Gasteiger partial charge is 0.302 e. The smallest absolute Gasteiger partial charge is 0.263 e. The monoisotopic (exact) mass is 616 g/mol. The number of fused-ring (bicyclic) bond motifs is 2. The van der Waals surface area contributed by atoms with E-state index in [1.54, 1.807) is 34.9 Å². The number of anilines is 1. The third-order valence-corrected chi connectivity index (χ3v) is 10.5. The van der Waals surface area contributed by atoms with Gasteiger partial charge in [-0.25, -0.2) is 26.8 Å². The van der Waals surface area contributed by atoms with Crippen molar-refractivity contribution in [3.63, 3.8) is 0 Å². The Morgan fingerprint density at radius 3 is 1.95 bits per heavy atom. The summed E-state index contributed by atoms with van der Waals surface area (Å²) in [5, 5.41) is 0.364. The number of nitrogens with one attached hydrogen (secondary N) is 1. The lowest BCUT2D eigenvalue weighted by Crippen LogP contribution is -2.20. The van der Waals surface area contributed by atoms with Crippen molar-refractivity contribution in [1.82, 2.24) is 14.5 Å². The number of aryl methyl sites for hydroxylation is 1. The molecular weight excluding hydrogens is 592 g/mol. The predicted molar refractivity (Wildman–Crippen MR) is 164 cm³/mol. The number of sulfonamides is 1. The van der Waals surface area contributed by atoms with Gasteiger partial charge in [-0.3, -0.25) is 4.72 Å². The molecule has 0 saturated heterocycles. The first-order valence-corrected chi connectivity index (χ1v) is 16.4. The van der Waals surface area contributed by atoms with E-state index in [9.17, 15) is 16.8 Å². The Kier molecular flexibility index (Phi) is 7.00. The molecule has 0 unspecified atom stereocenters. The molecule has 0 saturated carbocycles. The lowest BCUT2D eigenvalue weighted by molar-refractivity contribution is 0.595. The van der Waals surface area contributed by atoms with Crippen LogP contribution in [0.3, 0.4) is 0 Å². The van der Waals surface area contributed by atoms with Crippen molar-refractivity contribution in [2.24, 2.45) is 0 Å². The molecule has 4 aromatic carbocycles. The number of aromatic nitrogens is 3. The van der Waals surface area contributed by atoms with Crippen molar-refractivity contribution in [2.45, 2.75) is 34.6 Å². The summed E-state index contributed by atoms with van der Waals surface area (Å²) in [6.07, 6.45) is 0. The van der Waals surface area contributed by atoms with Gasteiger partial charge in [-0.2, -0.15) is 0 Å². The van der Waals surface area contributed by atoms with Crippen molar-refractivity contribution >= 4 is 59.5 Å². The van der Waals surface area contributed by atoms with Gasteiger partial charge in [0.05, 0.1) is 26.9 Å². The minimum atomic E-state index is -4.31. The second-order valence-corrected chi connectivity index (χ2v) is 13.9. The quantitative estimate of drug-likeness (QED) is 0.211. The average Bonchev–Trinajstić information content (AvgIpc) is 3.28. The molecule has 0 aliphatic rings. The fraction of sp³-hybridized carbons (Fsp3) is 0.0968. The number of sulfone groups is 1. The standard InChI is InChI=1S/C31H25ClN4O4S2/c1-20-12-16-24(17-13-20)41(37,38)29-28-30(34-27-11-7-6-10-26(27)33-28)36(21(2)22-8-4-3-5-9-22)31(29)35-42(39,40)25-18-14-23(32)15-19-25/h3-19,21,35H,1-2H3/t21-/m0/s1. The van der Waals surface area contributed by atoms with Crippen molar-refractivity contribution < 1.29 is 16.8 Å². The maximum atomic E-state index is 14.4. The molecule has 0 aliphatic heterocycles. The average molecular weight is 617 g/mol. The van der Waals surface area contributed by atoms with Gasteiger partial charge in [0.1, 0.15) is 16.2 Å². The molecule has 6 aromatic rings. The minimum Gasteiger partial charge on any atom is -0.302 e. The fourth-order valence-corrected chi connectivity index (χ4v) is 7.66. The Balaban J connectivity index is 1.73. The van der Waals surface area contributed by atoms with E-state index in [1.807, 2.05) is 50.2 Å². The van der Waals surface area contributed by atoms with E-state index in [0.29, 0.717) is 16.1 Å². The molecule has 0 aliphatic carbocycles. The molecule has 2 heterocycles. The molecule has 42 heavy (non-hydrogen) atoms. The van der Waals surface area contributed by atoms with Gasteiger partial charge in [-0.1, -0.05) is 71.8 Å². The Labute approximate surface area is 248 Å². The summed E-state index contributed by atoms with van der Waals surface area (Å²) >= 11 is 6.01. The van der Waals surface area contributed by atoms with Crippen LogP contribution in [0, 0.1) is 6.92 Å². The molecule has 0 spiro atoms. The van der Waals surface area contributed by atoms with Crippen LogP contribution in [-0.2, 0) is 19.9 Å². The highest BCUT2D eigenvalue weighted by Crippen LogP contribution is 2.41. The molecule has 11 heteroatoms. The SMILES string of the molecule is Cc1ccc(S(=O)(=O)c2c(NS(=O)(=O)c3ccc(Cl)cc3)n([C@@H](C)c3ccccc3)c3nc4ccccc4nc23)cc1. The van der Waals surface area contributed by atoms with Crippen LogP contribution in [0.2, 0.25) is 5.02 Å². The second kappa shape index (κ2) is 10.5. The summed E-state index contributed by atoms with van der Waals surface area (Å²) < 4.78 is 60.6. The van der Waals surface area contributed by atoms with Gasteiger partial charge in [0.25, 0.3) is 10.0 Å². The number of nitrogens with zero attached hydrogens (tertiary/aromatic N) is 3. The third kappa shape index (κ3) is 4.91. The highest BCUT2D eigenvalue weighted by Gasteiger charge is 2.35. The maximum absolute atomic E-state index is 14.4. The zero-order chi connectivity index (χ0) is 29.6. The number of rotatable bonds is 7. The van der Waals surface area contributed by atoms with Crippen molar-refractivity contribution in [3.8, 4) is 0 Å². The summed E-state index contributed by atoms with van der Waals surface area (Å²) in [7, 11) is -8.59. The van der Waals surface area contributed by atoms with Crippen molar-refractivity contribution in [2.75, 3.05) is 4.72 Å². The Hall–Kier alpha value is -4.25. The lowest BCUT2D eigenvalue weighted by Gasteiger charge is -2.20. The molecule has 0 amide bonds. The van der Waals surface area contributed by atoms with Crippen LogP contribution in [0.15, 0.2) is 118 Å². The van der Waals surface area contributed by atoms with E-state index in [1.165, 1.54) is 36.4 Å². The van der Waals surface area contributed by atoms with Crippen LogP contribution in [0.25, 0.3) is 22.2 Å². The first-order valence-electron chi connectivity index (χ1n) is 13.0. The van der Waals surface area contributed by atoms with Gasteiger partial charge in [-0.15, -0.1) is 0 Å². The third-order valence-electron chi connectivity index (χ3n) is 7.08. The molecule has 212 valence electrons. The summed E-state index contributed by atoms with van der Waals surface area (Å²) in [6.45, 7) is 3.71. The number of hydrogen-bond donors (Lipinski definition) is 1. The van der Waals surface area contributed by atoms with Crippen LogP contribution in [-0.4, -0.2) is 31.4 Å². The molecule has 1 atom stereocenters. The van der Waals surface area contributed by atoms with Crippen molar-refractivity contribution in [3.05, 3.63) is 119 Å². The van der Waals surface area contributed by atoms with Gasteiger partial charge in [0.15, 0.2) is 5.65 Å². The Morgan fingerprint density at radius 2 is 1.31 bits per heavy atom. The molecule has 2 aromatic heterocycles. The normalized spacial score (nSPS) is 12.9. The molecular formula is C31H25ClN4O4S2. The highest BCUT2D eigenvalue weighted by atomic mass is 35.5. The summed E-state index contributed by atoms with van der Waals surface area (Å²) in [4.78, 5) is 9.21. The van der Waals surface area contributed by atoms with Crippen molar-refractivity contribution in [1.29, 1.82) is 0 Å². The molecule has 0 bridgehead atoms. The number of hydrogen-bond acceptors (Lipinski definition) is 6. The first-order chi connectivity index (χ1) is 20.1. The predicted octanol–water partition coefficient (Wildman–Crippen LogP) is 6.79. The van der Waals surface area contributed by atoms with Gasteiger partial charge in [-0.05, 0) is 67.9 Å². The highest BCUT2D eigenvalue weighted by molar-refractivity contribution is 7.93. The zero-order valence-corrected chi connectivity index (χ0v) is 25.0. The topological polar surface area (TPSA) is 111 Å². The lowest BCUT2D eigenvalue weighted by atomic mass is 10.1. The van der Waals surface area contributed by atoms with Crippen LogP contribution >= 0.6 is 11.6 Å². The Morgan fingerprint density at radius 1 is 0.738 bits per heavy atom. The summed E-state index contributed by atoms with van der Waals surface area (Å²) in [6, 6.07) is 27.9. The summed E-state index contributed by atoms with van der Waals surface area (Å²) in [5.41, 5.74) is 2.99. The van der Waals surface area contributed by atoms with Gasteiger partial charge in [0, 0.05) is 5.02 Å². The molecule has 8 nitrogen and oxygen atoms in total. The van der Waals surface area contributed by atoms with Crippen LogP contribution < -0.4 is 4.72 Å². The number of para-hydroxylation sites is 2. The van der Waals surface area contributed by atoms with Crippen LogP contribution in [0.5, 0.6) is 0 Å². The van der Waals surface area contributed by atoms with Gasteiger partial charge in [0.2, 0.25) is 9.84 Å². The van der Waals surface area contributed by atoms with E-state index in [-0.39, 0.29) is 31.7 Å². The fourth-order valence-electron chi connectivity index (χ4n) is 4.88. The second-order valence-electron chi connectivity index (χ2n) is 9.89. The molecule has 0 radical (unpaired) electrons. The van der Waals surface area contributed by atoms with Crippen LogP contribution in [0.4, 0.5) is 5.82 Å². The van der Waals surface area contributed by atoms with Gasteiger partial charge < -0.3 is 4.57 Å². The van der Waals surface area contributed by atoms with E-state index >= 15 is 0 Å². The molecule has 6 rings (SSSR count). The van der Waals surface area contributed by atoms with Gasteiger partial charge >= 0.3 is 0 Å². The zero-order valence-electron chi connectivity index (χ0n) is 22.6. The van der Waals surface area contributed by atoms with E-state index in [2.05, 4.69) is 4.72 Å². The summed E-state index contributed by atoms with van der Waals surface area (Å²) in [5.74, 6) is -0.160. The van der Waals surface area contributed by atoms with Crippen LogP contribution in [0.1, 0.15) is 24.1 Å². The first kappa shape index (κ1) is 27.9. The molecule has 1 N–H and O–H groups in total. The number of benzene rings is 4. The minimum absolute atomic E-state index is 0.00131. The molecule has 0 fully saturated rings.